The summed E-state index contributed by atoms with van der Waals surface area (Å²) in [5.74, 6) is 2.70. The first kappa shape index (κ1) is 72.4. The number of aromatic nitrogens is 4. The van der Waals surface area contributed by atoms with E-state index in [1.807, 2.05) is 143 Å². The number of nitriles is 1. The van der Waals surface area contributed by atoms with E-state index in [1.165, 1.54) is 16.7 Å². The summed E-state index contributed by atoms with van der Waals surface area (Å²) in [6.45, 7) is 8.12. The van der Waals surface area contributed by atoms with E-state index in [1.54, 1.807) is 49.1 Å². The average molecular weight is 1320 g/mol. The van der Waals surface area contributed by atoms with Crippen LogP contribution in [0.5, 0.6) is 23.5 Å². The summed E-state index contributed by atoms with van der Waals surface area (Å²) in [6, 6.07) is 56.2. The van der Waals surface area contributed by atoms with Crippen LogP contribution in [-0.2, 0) is 24.0 Å². The lowest BCUT2D eigenvalue weighted by molar-refractivity contribution is -0.138. The fraction of sp³-hybridized carbons (Fsp3) is 0.342. The number of carboxylic acid groups (broad SMARTS) is 1. The second-order valence-corrected chi connectivity index (χ2v) is 24.0. The predicted molar refractivity (Wildman–Crippen MR) is 364 cm³/mol. The molecule has 4 aromatic heterocycles. The van der Waals surface area contributed by atoms with Gasteiger partial charge in [-0.1, -0.05) is 146 Å². The van der Waals surface area contributed by atoms with Gasteiger partial charge in [0.15, 0.2) is 12.9 Å². The lowest BCUT2D eigenvalue weighted by Crippen LogP contribution is -2.28. The maximum Gasteiger partial charge on any atom is 0.307 e. The van der Waals surface area contributed by atoms with Gasteiger partial charge in [0.05, 0.1) is 37.3 Å². The van der Waals surface area contributed by atoms with Gasteiger partial charge in [-0.3, -0.25) is 24.0 Å². The molecule has 8 N–H and O–H groups in total. The van der Waals surface area contributed by atoms with Crippen LogP contribution in [0.1, 0.15) is 146 Å². The maximum absolute atomic E-state index is 12.4. The molecule has 4 aliphatic carbocycles. The standard InChI is InChI=1S/C19H19N3O2.C19H22N2O3.C19H20N2O3.C10H10O2.C9H14N2O2/c1-13(15-7-8-18(21-12-15)24-10-9-20)22-19(23)17-11-16(17)14-5-3-2-4-6-14;2*1-13(15-7-8-18(20-12-15)24-10-9-22)21-19(23)17-11-16(17)14-5-3-2-4-6-14;11-10(12)9-6-8(9)7-4-2-1-3-5-7;1-7(10)8-2-3-9(11-6-8)13-5-4-12/h2-8,12-13,16-17H,10-11H2,1H3,(H,22,23);2-8,12-13,16-17,22H,9-11H2,1H3,(H,21,23);2-9,12-13,16-17H,10-11H2,1H3,(H,21,23);1-5,8-9H,6H2,(H,11,12);2-3,6-7,12H,4-5,10H2,1H3/t3*13-,16+,17-;8-,9+;7-/m00010/s1. The number of nitrogens with one attached hydrogen (secondary N) is 3. The molecular weight excluding hydrogens is 1230 g/mol. The molecule has 0 spiro atoms. The Morgan fingerprint density at radius 2 is 0.773 bits per heavy atom. The highest BCUT2D eigenvalue weighted by molar-refractivity contribution is 5.84. The van der Waals surface area contributed by atoms with Crippen LogP contribution in [0, 0.1) is 35.0 Å². The molecule has 0 unspecified atom stereocenters. The molecule has 4 heterocycles. The molecule has 21 nitrogen and oxygen atoms in total. The largest absolute Gasteiger partial charge is 0.481 e. The Kier molecular flexibility index (Phi) is 27.7. The molecule has 4 saturated carbocycles. The monoisotopic (exact) mass is 1320 g/mol. The molecule has 21 heteroatoms. The SMILES string of the molecule is C[C@H](N)c1ccc(OCCO)nc1.C[C@H](NC(=O)[C@H]1C[C@@H]1c1ccccc1)c1ccc(OCC#N)nc1.C[C@H](NC(=O)[C@H]1C[C@@H]1c1ccccc1)c1ccc(OCC=O)nc1.C[C@H](NC(=O)[C@H]1C[C@@H]1c1ccccc1)c1ccc(OCCO)nc1.O=C(O)[C@H]1C[C@@H]1c1ccccc1. The van der Waals surface area contributed by atoms with Crippen molar-refractivity contribution in [1.82, 2.24) is 35.9 Å². The number of amides is 3. The summed E-state index contributed by atoms with van der Waals surface area (Å²) in [5.41, 5.74) is 14.2. The summed E-state index contributed by atoms with van der Waals surface area (Å²) in [4.78, 5) is 74.5. The summed E-state index contributed by atoms with van der Waals surface area (Å²) in [6.07, 6.45) is 10.9. The molecule has 97 heavy (non-hydrogen) atoms. The number of aliphatic carboxylic acids is 1. The number of aldehydes is 1. The summed E-state index contributed by atoms with van der Waals surface area (Å²) in [7, 11) is 0. The van der Waals surface area contributed by atoms with Gasteiger partial charge < -0.3 is 56.0 Å². The molecule has 4 fully saturated rings. The highest BCUT2D eigenvalue weighted by atomic mass is 16.5. The minimum atomic E-state index is -0.663. The van der Waals surface area contributed by atoms with Gasteiger partial charge in [0.25, 0.3) is 0 Å². The zero-order valence-corrected chi connectivity index (χ0v) is 54.9. The van der Waals surface area contributed by atoms with E-state index in [0.29, 0.717) is 47.6 Å². The van der Waals surface area contributed by atoms with Crippen LogP contribution in [0.25, 0.3) is 0 Å². The number of carboxylic acids is 1. The Labute approximate surface area is 565 Å². The van der Waals surface area contributed by atoms with Crippen molar-refractivity contribution >= 4 is 30.0 Å². The third-order valence-electron chi connectivity index (χ3n) is 16.8. The minimum absolute atomic E-state index is 0.00325. The average Bonchev–Trinajstić information content (AvgIpc) is 1.67. The van der Waals surface area contributed by atoms with E-state index >= 15 is 0 Å². The summed E-state index contributed by atoms with van der Waals surface area (Å²) >= 11 is 0. The normalized spacial score (nSPS) is 19.9. The maximum atomic E-state index is 12.4. The Balaban J connectivity index is 0.000000159. The van der Waals surface area contributed by atoms with Crippen LogP contribution in [0.4, 0.5) is 0 Å². The molecule has 0 bridgehead atoms. The van der Waals surface area contributed by atoms with E-state index in [2.05, 4.69) is 72.3 Å². The smallest absolute Gasteiger partial charge is 0.307 e. The van der Waals surface area contributed by atoms with E-state index in [9.17, 15) is 24.0 Å². The number of hydrogen-bond donors (Lipinski definition) is 7. The number of carbonyl (C=O) groups is 5. The van der Waals surface area contributed by atoms with Gasteiger partial charge in [0.2, 0.25) is 41.2 Å². The van der Waals surface area contributed by atoms with E-state index < -0.39 is 5.97 Å². The zero-order valence-electron chi connectivity index (χ0n) is 54.9. The van der Waals surface area contributed by atoms with Crippen molar-refractivity contribution in [3.63, 3.8) is 0 Å². The number of pyridine rings is 4. The number of hydrogen-bond acceptors (Lipinski definition) is 17. The molecule has 4 aliphatic rings. The van der Waals surface area contributed by atoms with Crippen LogP contribution in [-0.4, -0.2) is 105 Å². The first-order valence-electron chi connectivity index (χ1n) is 32.6. The topological polar surface area (TPSA) is 320 Å². The second-order valence-electron chi connectivity index (χ2n) is 24.0. The molecule has 0 saturated heterocycles. The highest BCUT2D eigenvalue weighted by Crippen LogP contribution is 2.50. The fourth-order valence-electron chi connectivity index (χ4n) is 10.9. The molecule has 12 atom stereocenters. The van der Waals surface area contributed by atoms with Crippen LogP contribution >= 0.6 is 0 Å². The molecule has 4 aromatic carbocycles. The van der Waals surface area contributed by atoms with Crippen LogP contribution in [0.3, 0.4) is 0 Å². The van der Waals surface area contributed by atoms with Crippen molar-refractivity contribution < 1.29 is 58.2 Å². The molecule has 12 rings (SSSR count). The number of aliphatic hydroxyl groups is 2. The number of benzene rings is 4. The van der Waals surface area contributed by atoms with Crippen LogP contribution < -0.4 is 40.6 Å². The third-order valence-corrected chi connectivity index (χ3v) is 16.8. The molecule has 506 valence electrons. The quantitative estimate of drug-likeness (QED) is 0.0248. The lowest BCUT2D eigenvalue weighted by Gasteiger charge is -2.14. The lowest BCUT2D eigenvalue weighted by atomic mass is 10.1. The summed E-state index contributed by atoms with van der Waals surface area (Å²) < 4.78 is 20.6. The van der Waals surface area contributed by atoms with Gasteiger partial charge in [-0.15, -0.1) is 0 Å². The van der Waals surface area contributed by atoms with Crippen molar-refractivity contribution in [1.29, 1.82) is 5.26 Å². The highest BCUT2D eigenvalue weighted by Gasteiger charge is 2.46. The Bertz CT molecular complexity index is 3760. The van der Waals surface area contributed by atoms with Crippen molar-refractivity contribution in [3.05, 3.63) is 239 Å². The Morgan fingerprint density at radius 1 is 0.474 bits per heavy atom. The van der Waals surface area contributed by atoms with Crippen molar-refractivity contribution in [2.24, 2.45) is 29.4 Å². The zero-order chi connectivity index (χ0) is 69.1. The number of aliphatic hydroxyl groups excluding tert-OH is 2. The van der Waals surface area contributed by atoms with Crippen LogP contribution in [0.2, 0.25) is 0 Å². The third kappa shape index (κ3) is 22.9. The Morgan fingerprint density at radius 3 is 1.04 bits per heavy atom. The first-order valence-corrected chi connectivity index (χ1v) is 32.6. The van der Waals surface area contributed by atoms with Gasteiger partial charge in [0, 0.05) is 72.8 Å². The molecule has 0 radical (unpaired) electrons. The number of nitrogens with zero attached hydrogens (tertiary/aromatic N) is 5. The van der Waals surface area contributed by atoms with Crippen molar-refractivity contribution in [2.45, 2.75) is 101 Å². The molecule has 3 amide bonds. The molecule has 0 aliphatic heterocycles. The van der Waals surface area contributed by atoms with Gasteiger partial charge in [-0.05, 0) is 122 Å². The van der Waals surface area contributed by atoms with Gasteiger partial charge in [-0.25, -0.2) is 19.9 Å². The van der Waals surface area contributed by atoms with Gasteiger partial charge in [-0.2, -0.15) is 5.26 Å². The predicted octanol–water partition coefficient (Wildman–Crippen LogP) is 10.4. The van der Waals surface area contributed by atoms with Gasteiger partial charge >= 0.3 is 5.97 Å². The van der Waals surface area contributed by atoms with E-state index in [-0.39, 0.29) is 111 Å². The number of carbonyl (C=O) groups excluding carboxylic acids is 4. The second kappa shape index (κ2) is 37.0. The fourth-order valence-corrected chi connectivity index (χ4v) is 10.9. The number of ether oxygens (including phenoxy) is 4. The Hall–Kier alpha value is -10.4. The number of nitrogens with two attached hydrogens (primary N) is 1. The molecular formula is C76H85N9O12. The van der Waals surface area contributed by atoms with Crippen LogP contribution in [0.15, 0.2) is 195 Å². The number of rotatable bonds is 26. The van der Waals surface area contributed by atoms with Gasteiger partial charge in [0.1, 0.15) is 25.9 Å². The summed E-state index contributed by atoms with van der Waals surface area (Å²) in [5, 5.41) is 43.5. The van der Waals surface area contributed by atoms with E-state index in [4.69, 9.17) is 45.3 Å². The van der Waals surface area contributed by atoms with Crippen molar-refractivity contribution in [3.8, 4) is 29.6 Å². The molecule has 8 aromatic rings. The van der Waals surface area contributed by atoms with Crippen molar-refractivity contribution in [2.75, 3.05) is 39.6 Å². The first-order chi connectivity index (χ1) is 47.1. The van der Waals surface area contributed by atoms with E-state index in [0.717, 1.165) is 53.5 Å². The minimum Gasteiger partial charge on any atom is -0.481 e.